The van der Waals surface area contributed by atoms with E-state index in [2.05, 4.69) is 11.1 Å². The Kier molecular flexibility index (Phi) is 3.54. The number of carboxylic acids is 1. The zero-order valence-electron chi connectivity index (χ0n) is 11.2. The van der Waals surface area contributed by atoms with E-state index in [0.717, 1.165) is 16.3 Å². The Labute approximate surface area is 121 Å². The Hall–Kier alpha value is -1.72. The van der Waals surface area contributed by atoms with Crippen LogP contribution in [0.4, 0.5) is 0 Å². The Morgan fingerprint density at radius 3 is 2.85 bits per heavy atom. The number of carbonyl (C=O) groups is 1. The smallest absolute Gasteiger partial charge is 0.321 e. The topological polar surface area (TPSA) is 53.4 Å². The molecule has 2 aromatic rings. The fourth-order valence-electron chi connectivity index (χ4n) is 2.68. The average Bonchev–Trinajstić information content (AvgIpc) is 2.83. The maximum Gasteiger partial charge on any atom is 0.321 e. The van der Waals surface area contributed by atoms with E-state index >= 15 is 0 Å². The number of aliphatic carboxylic acids is 1. The van der Waals surface area contributed by atoms with Crippen LogP contribution in [0.5, 0.6) is 0 Å². The SMILES string of the molecule is Cc1nc(CN2Cc3ccccc3C[C@H]2C(=O)O)cs1. The minimum atomic E-state index is -0.758. The average molecular weight is 288 g/mol. The number of benzene rings is 1. The molecule has 0 saturated heterocycles. The van der Waals surface area contributed by atoms with Gasteiger partial charge in [-0.3, -0.25) is 9.69 Å². The number of hydrogen-bond acceptors (Lipinski definition) is 4. The summed E-state index contributed by atoms with van der Waals surface area (Å²) in [5.74, 6) is -0.758. The third-order valence-electron chi connectivity index (χ3n) is 3.66. The normalized spacial score (nSPS) is 18.8. The van der Waals surface area contributed by atoms with Gasteiger partial charge < -0.3 is 5.11 Å². The minimum absolute atomic E-state index is 0.466. The Morgan fingerprint density at radius 1 is 1.45 bits per heavy atom. The number of aryl methyl sites for hydroxylation is 1. The molecule has 20 heavy (non-hydrogen) atoms. The van der Waals surface area contributed by atoms with Gasteiger partial charge in [0.2, 0.25) is 0 Å². The first-order valence-electron chi connectivity index (χ1n) is 6.58. The minimum Gasteiger partial charge on any atom is -0.480 e. The summed E-state index contributed by atoms with van der Waals surface area (Å²) in [6.45, 7) is 3.23. The lowest BCUT2D eigenvalue weighted by Crippen LogP contribution is -2.45. The number of carboxylic acid groups (broad SMARTS) is 1. The van der Waals surface area contributed by atoms with Crippen molar-refractivity contribution in [2.45, 2.75) is 32.5 Å². The number of thiazole rings is 1. The van der Waals surface area contributed by atoms with Crippen molar-refractivity contribution >= 4 is 17.3 Å². The van der Waals surface area contributed by atoms with E-state index in [9.17, 15) is 9.90 Å². The van der Waals surface area contributed by atoms with Gasteiger partial charge in [-0.15, -0.1) is 11.3 Å². The van der Waals surface area contributed by atoms with Crippen molar-refractivity contribution in [1.82, 2.24) is 9.88 Å². The van der Waals surface area contributed by atoms with E-state index in [1.165, 1.54) is 5.56 Å². The molecule has 1 N–H and O–H groups in total. The lowest BCUT2D eigenvalue weighted by atomic mass is 9.94. The summed E-state index contributed by atoms with van der Waals surface area (Å²) in [5, 5.41) is 12.5. The summed E-state index contributed by atoms with van der Waals surface area (Å²) in [5.41, 5.74) is 3.32. The number of rotatable bonds is 3. The molecular formula is C15H16N2O2S. The third-order valence-corrected chi connectivity index (χ3v) is 4.48. The van der Waals surface area contributed by atoms with Gasteiger partial charge in [0, 0.05) is 18.5 Å². The molecule has 104 valence electrons. The highest BCUT2D eigenvalue weighted by Gasteiger charge is 2.31. The van der Waals surface area contributed by atoms with Crippen molar-refractivity contribution in [2.75, 3.05) is 0 Å². The molecule has 0 saturated carbocycles. The van der Waals surface area contributed by atoms with Gasteiger partial charge in [0.05, 0.1) is 10.7 Å². The van der Waals surface area contributed by atoms with E-state index in [1.807, 2.05) is 35.4 Å². The maximum absolute atomic E-state index is 11.5. The second-order valence-electron chi connectivity index (χ2n) is 5.09. The van der Waals surface area contributed by atoms with E-state index in [4.69, 9.17) is 0 Å². The molecular weight excluding hydrogens is 272 g/mol. The molecule has 0 aliphatic carbocycles. The van der Waals surface area contributed by atoms with Gasteiger partial charge in [0.25, 0.3) is 0 Å². The molecule has 0 bridgehead atoms. The third kappa shape index (κ3) is 2.59. The number of aromatic nitrogens is 1. The molecule has 3 rings (SSSR count). The predicted molar refractivity (Wildman–Crippen MR) is 77.7 cm³/mol. The van der Waals surface area contributed by atoms with Crippen LogP contribution in [0.15, 0.2) is 29.6 Å². The van der Waals surface area contributed by atoms with Crippen molar-refractivity contribution in [3.05, 3.63) is 51.5 Å². The summed E-state index contributed by atoms with van der Waals surface area (Å²) in [6.07, 6.45) is 0.564. The number of nitrogens with zero attached hydrogens (tertiary/aromatic N) is 2. The first kappa shape index (κ1) is 13.3. The van der Waals surface area contributed by atoms with E-state index in [0.29, 0.717) is 19.5 Å². The summed E-state index contributed by atoms with van der Waals surface area (Å²) in [6, 6.07) is 7.61. The van der Waals surface area contributed by atoms with Crippen LogP contribution in [-0.2, 0) is 24.3 Å². The van der Waals surface area contributed by atoms with Crippen LogP contribution >= 0.6 is 11.3 Å². The van der Waals surface area contributed by atoms with Gasteiger partial charge in [-0.25, -0.2) is 4.98 Å². The van der Waals surface area contributed by atoms with Crippen molar-refractivity contribution in [1.29, 1.82) is 0 Å². The molecule has 0 amide bonds. The van der Waals surface area contributed by atoms with Gasteiger partial charge in [0.1, 0.15) is 6.04 Å². The maximum atomic E-state index is 11.5. The summed E-state index contributed by atoms with van der Waals surface area (Å²) in [7, 11) is 0. The van der Waals surface area contributed by atoms with Crippen LogP contribution in [0.2, 0.25) is 0 Å². The van der Waals surface area contributed by atoms with Gasteiger partial charge in [-0.1, -0.05) is 24.3 Å². The zero-order chi connectivity index (χ0) is 14.1. The summed E-state index contributed by atoms with van der Waals surface area (Å²) < 4.78 is 0. The molecule has 0 unspecified atom stereocenters. The molecule has 1 atom stereocenters. The molecule has 5 heteroatoms. The predicted octanol–water partition coefficient (Wildman–Crippen LogP) is 2.46. The first-order chi connectivity index (χ1) is 9.63. The van der Waals surface area contributed by atoms with E-state index in [-0.39, 0.29) is 0 Å². The molecule has 1 aromatic carbocycles. The van der Waals surface area contributed by atoms with Crippen LogP contribution in [0.25, 0.3) is 0 Å². The van der Waals surface area contributed by atoms with Crippen LogP contribution in [0.3, 0.4) is 0 Å². The van der Waals surface area contributed by atoms with Crippen molar-refractivity contribution < 1.29 is 9.90 Å². The van der Waals surface area contributed by atoms with Crippen LogP contribution in [0, 0.1) is 6.92 Å². The van der Waals surface area contributed by atoms with Crippen molar-refractivity contribution in [3.8, 4) is 0 Å². The number of hydrogen-bond donors (Lipinski definition) is 1. The monoisotopic (exact) mass is 288 g/mol. The Balaban J connectivity index is 1.86. The molecule has 1 aliphatic rings. The molecule has 0 radical (unpaired) electrons. The quantitative estimate of drug-likeness (QED) is 0.942. The lowest BCUT2D eigenvalue weighted by Gasteiger charge is -2.33. The second kappa shape index (κ2) is 5.34. The van der Waals surface area contributed by atoms with Gasteiger partial charge in [-0.05, 0) is 24.5 Å². The second-order valence-corrected chi connectivity index (χ2v) is 6.15. The van der Waals surface area contributed by atoms with Crippen LogP contribution in [-0.4, -0.2) is 27.0 Å². The fraction of sp³-hybridized carbons (Fsp3) is 0.333. The molecule has 4 nitrogen and oxygen atoms in total. The van der Waals surface area contributed by atoms with E-state index < -0.39 is 12.0 Å². The highest BCUT2D eigenvalue weighted by Crippen LogP contribution is 2.25. The van der Waals surface area contributed by atoms with Crippen LogP contribution < -0.4 is 0 Å². The highest BCUT2D eigenvalue weighted by atomic mass is 32.1. The summed E-state index contributed by atoms with van der Waals surface area (Å²) >= 11 is 1.60. The van der Waals surface area contributed by atoms with Crippen LogP contribution in [0.1, 0.15) is 21.8 Å². The largest absolute Gasteiger partial charge is 0.480 e. The van der Waals surface area contributed by atoms with Gasteiger partial charge >= 0.3 is 5.97 Å². The van der Waals surface area contributed by atoms with E-state index in [1.54, 1.807) is 11.3 Å². The Morgan fingerprint density at radius 2 is 2.20 bits per heavy atom. The van der Waals surface area contributed by atoms with Crippen molar-refractivity contribution in [2.24, 2.45) is 0 Å². The molecule has 2 heterocycles. The van der Waals surface area contributed by atoms with Gasteiger partial charge in [0.15, 0.2) is 0 Å². The standard InChI is InChI=1S/C15H16N2O2S/c1-10-16-13(9-20-10)8-17-7-12-5-3-2-4-11(12)6-14(17)15(18)19/h2-5,9,14H,6-8H2,1H3,(H,18,19)/t14-/m0/s1. The first-order valence-corrected chi connectivity index (χ1v) is 7.46. The highest BCUT2D eigenvalue weighted by molar-refractivity contribution is 7.09. The molecule has 0 fully saturated rings. The fourth-order valence-corrected chi connectivity index (χ4v) is 3.28. The molecule has 1 aromatic heterocycles. The number of fused-ring (bicyclic) bond motifs is 1. The Bertz CT molecular complexity index is 638. The molecule has 1 aliphatic heterocycles. The zero-order valence-corrected chi connectivity index (χ0v) is 12.1. The molecule has 0 spiro atoms. The van der Waals surface area contributed by atoms with Gasteiger partial charge in [-0.2, -0.15) is 0 Å². The lowest BCUT2D eigenvalue weighted by molar-refractivity contribution is -0.144. The van der Waals surface area contributed by atoms with Crippen molar-refractivity contribution in [3.63, 3.8) is 0 Å². The summed E-state index contributed by atoms with van der Waals surface area (Å²) in [4.78, 5) is 17.9.